The fraction of sp³-hybridized carbons (Fsp3) is 0.348. The van der Waals surface area contributed by atoms with Gasteiger partial charge in [-0.15, -0.1) is 0 Å². The van der Waals surface area contributed by atoms with Gasteiger partial charge in [0, 0.05) is 49.9 Å². The van der Waals surface area contributed by atoms with Crippen molar-refractivity contribution in [3.05, 3.63) is 82.5 Å². The highest BCUT2D eigenvalue weighted by Gasteiger charge is 2.20. The highest BCUT2D eigenvalue weighted by Crippen LogP contribution is 2.15. The Morgan fingerprint density at radius 2 is 1.70 bits per heavy atom. The molecule has 1 fully saturated rings. The Labute approximate surface area is 181 Å². The molecular formula is C23H26ClF2N3O. The quantitative estimate of drug-likeness (QED) is 0.494. The molecule has 0 aliphatic carbocycles. The molecule has 0 radical (unpaired) electrons. The molecule has 0 saturated carbocycles. The molecule has 1 heterocycles. The van der Waals surface area contributed by atoms with Crippen LogP contribution in [-0.2, 0) is 17.6 Å². The number of amidine groups is 1. The molecule has 0 bridgehead atoms. The van der Waals surface area contributed by atoms with Crippen LogP contribution in [0.25, 0.3) is 0 Å². The maximum absolute atomic E-state index is 13.4. The maximum Gasteiger partial charge on any atom is 0.292 e. The fourth-order valence-corrected chi connectivity index (χ4v) is 3.53. The number of halogens is 3. The van der Waals surface area contributed by atoms with Crippen molar-refractivity contribution in [2.45, 2.75) is 12.8 Å². The molecule has 4 nitrogen and oxygen atoms in total. The lowest BCUT2D eigenvalue weighted by Gasteiger charge is -2.35. The van der Waals surface area contributed by atoms with Gasteiger partial charge in [-0.3, -0.25) is 4.90 Å². The van der Waals surface area contributed by atoms with Crippen LogP contribution in [0.1, 0.15) is 11.1 Å². The Morgan fingerprint density at radius 1 is 1.03 bits per heavy atom. The normalized spacial score (nSPS) is 15.3. The third kappa shape index (κ3) is 6.28. The van der Waals surface area contributed by atoms with E-state index in [1.165, 1.54) is 17.7 Å². The van der Waals surface area contributed by atoms with Gasteiger partial charge in [0.1, 0.15) is 0 Å². The number of hydrogen-bond donors (Lipinski definition) is 0. The van der Waals surface area contributed by atoms with E-state index in [0.29, 0.717) is 23.7 Å². The van der Waals surface area contributed by atoms with Crippen LogP contribution in [-0.4, -0.2) is 55.7 Å². The highest BCUT2D eigenvalue weighted by molar-refractivity contribution is 6.30. The van der Waals surface area contributed by atoms with Gasteiger partial charge in [0.05, 0.1) is 7.11 Å². The third-order valence-corrected chi connectivity index (χ3v) is 5.35. The molecule has 7 heteroatoms. The first-order valence-electron chi connectivity index (χ1n) is 9.90. The Kier molecular flexibility index (Phi) is 7.82. The van der Waals surface area contributed by atoms with Gasteiger partial charge < -0.3 is 9.64 Å². The molecule has 0 amide bonds. The summed E-state index contributed by atoms with van der Waals surface area (Å²) in [5.41, 5.74) is 2.42. The highest BCUT2D eigenvalue weighted by atomic mass is 35.5. The number of aliphatic imine (C=N–C) groups is 1. The van der Waals surface area contributed by atoms with Crippen LogP contribution in [0.4, 0.5) is 8.78 Å². The summed E-state index contributed by atoms with van der Waals surface area (Å²) in [6.07, 6.45) is 1.30. The van der Waals surface area contributed by atoms with Crippen LogP contribution in [0.5, 0.6) is 0 Å². The van der Waals surface area contributed by atoms with E-state index in [0.717, 1.165) is 50.2 Å². The number of nitrogens with zero attached hydrogens (tertiary/aromatic N) is 3. The average Bonchev–Trinajstić information content (AvgIpc) is 2.75. The molecular weight excluding hydrogens is 408 g/mol. The molecule has 2 aromatic carbocycles. The first-order chi connectivity index (χ1) is 14.4. The van der Waals surface area contributed by atoms with Gasteiger partial charge in [-0.2, -0.15) is 0 Å². The second-order valence-electron chi connectivity index (χ2n) is 7.30. The van der Waals surface area contributed by atoms with E-state index >= 15 is 0 Å². The lowest BCUT2D eigenvalue weighted by molar-refractivity contribution is 0.160. The molecule has 0 spiro atoms. The van der Waals surface area contributed by atoms with E-state index in [2.05, 4.69) is 33.5 Å². The molecule has 3 rings (SSSR count). The smallest absolute Gasteiger partial charge is 0.292 e. The SMILES string of the molecule is C=C(Cc1ccc(F)c(F)c1)N=C(OC)N1CCN(CCc2ccc(Cl)cc2)CC1. The Bertz CT molecular complexity index is 894. The average molecular weight is 434 g/mol. The minimum atomic E-state index is -0.869. The van der Waals surface area contributed by atoms with Crippen LogP contribution in [0, 0.1) is 11.6 Å². The van der Waals surface area contributed by atoms with E-state index in [4.69, 9.17) is 16.3 Å². The van der Waals surface area contributed by atoms with Crippen molar-refractivity contribution < 1.29 is 13.5 Å². The van der Waals surface area contributed by atoms with E-state index in [1.807, 2.05) is 12.1 Å². The van der Waals surface area contributed by atoms with Crippen molar-refractivity contribution in [3.8, 4) is 0 Å². The van der Waals surface area contributed by atoms with Gasteiger partial charge in [0.25, 0.3) is 6.02 Å². The molecule has 1 saturated heterocycles. The molecule has 2 aromatic rings. The summed E-state index contributed by atoms with van der Waals surface area (Å²) in [4.78, 5) is 8.96. The summed E-state index contributed by atoms with van der Waals surface area (Å²) in [6, 6.07) is 12.3. The van der Waals surface area contributed by atoms with Crippen molar-refractivity contribution in [1.29, 1.82) is 0 Å². The zero-order chi connectivity index (χ0) is 21.5. The minimum Gasteiger partial charge on any atom is -0.468 e. The van der Waals surface area contributed by atoms with Crippen LogP contribution in [0.2, 0.25) is 5.02 Å². The van der Waals surface area contributed by atoms with Gasteiger partial charge >= 0.3 is 0 Å². The summed E-state index contributed by atoms with van der Waals surface area (Å²) in [5, 5.41) is 0.755. The number of hydrogen-bond acceptors (Lipinski definition) is 3. The summed E-state index contributed by atoms with van der Waals surface area (Å²) < 4.78 is 31.9. The van der Waals surface area contributed by atoms with Gasteiger partial charge in [0.2, 0.25) is 0 Å². The van der Waals surface area contributed by atoms with E-state index in [9.17, 15) is 8.78 Å². The molecule has 1 aliphatic heterocycles. The lowest BCUT2D eigenvalue weighted by atomic mass is 10.1. The molecule has 0 unspecified atom stereocenters. The van der Waals surface area contributed by atoms with Crippen molar-refractivity contribution >= 4 is 17.6 Å². The minimum absolute atomic E-state index is 0.325. The van der Waals surface area contributed by atoms with E-state index in [-0.39, 0.29) is 0 Å². The van der Waals surface area contributed by atoms with Crippen LogP contribution >= 0.6 is 11.6 Å². The van der Waals surface area contributed by atoms with Crippen LogP contribution in [0.15, 0.2) is 59.7 Å². The second kappa shape index (κ2) is 10.5. The topological polar surface area (TPSA) is 28.1 Å². The van der Waals surface area contributed by atoms with Gasteiger partial charge in [-0.1, -0.05) is 36.4 Å². The van der Waals surface area contributed by atoms with Crippen molar-refractivity contribution in [1.82, 2.24) is 9.80 Å². The zero-order valence-corrected chi connectivity index (χ0v) is 17.8. The van der Waals surface area contributed by atoms with Gasteiger partial charge in [-0.05, 0) is 41.8 Å². The van der Waals surface area contributed by atoms with E-state index < -0.39 is 11.6 Å². The van der Waals surface area contributed by atoms with Crippen LogP contribution < -0.4 is 0 Å². The molecule has 160 valence electrons. The zero-order valence-electron chi connectivity index (χ0n) is 17.1. The Hall–Kier alpha value is -2.44. The van der Waals surface area contributed by atoms with E-state index in [1.54, 1.807) is 7.11 Å². The number of methoxy groups -OCH3 is 1. The predicted molar refractivity (Wildman–Crippen MR) is 117 cm³/mol. The molecule has 1 aliphatic rings. The van der Waals surface area contributed by atoms with Crippen molar-refractivity contribution in [2.75, 3.05) is 39.8 Å². The predicted octanol–water partition coefficient (Wildman–Crippen LogP) is 4.54. The Morgan fingerprint density at radius 3 is 2.33 bits per heavy atom. The summed E-state index contributed by atoms with van der Waals surface area (Å²) in [6.45, 7) is 8.33. The monoisotopic (exact) mass is 433 g/mol. The van der Waals surface area contributed by atoms with Crippen molar-refractivity contribution in [3.63, 3.8) is 0 Å². The first-order valence-corrected chi connectivity index (χ1v) is 10.3. The second-order valence-corrected chi connectivity index (χ2v) is 7.73. The third-order valence-electron chi connectivity index (χ3n) is 5.10. The summed E-state index contributed by atoms with van der Waals surface area (Å²) in [7, 11) is 1.58. The number of rotatable bonds is 6. The number of allylic oxidation sites excluding steroid dienone is 1. The largest absolute Gasteiger partial charge is 0.468 e. The molecule has 0 atom stereocenters. The summed E-state index contributed by atoms with van der Waals surface area (Å²) in [5.74, 6) is -1.73. The molecule has 0 aromatic heterocycles. The molecule has 0 N–H and O–H groups in total. The number of benzene rings is 2. The van der Waals surface area contributed by atoms with Gasteiger partial charge in [0.15, 0.2) is 11.6 Å². The lowest BCUT2D eigenvalue weighted by Crippen LogP contribution is -2.49. The molecule has 30 heavy (non-hydrogen) atoms. The fourth-order valence-electron chi connectivity index (χ4n) is 3.41. The summed E-state index contributed by atoms with van der Waals surface area (Å²) >= 11 is 5.94. The number of ether oxygens (including phenoxy) is 1. The van der Waals surface area contributed by atoms with Gasteiger partial charge in [-0.25, -0.2) is 13.8 Å². The van der Waals surface area contributed by atoms with Crippen molar-refractivity contribution in [2.24, 2.45) is 4.99 Å². The number of piperazine rings is 1. The standard InChI is InChI=1S/C23H26ClF2N3O/c1-17(15-19-5-8-21(25)22(26)16-19)27-23(30-2)29-13-11-28(12-14-29)10-9-18-3-6-20(24)7-4-18/h3-8,16H,1,9-15H2,2H3. The van der Waals surface area contributed by atoms with Crippen LogP contribution in [0.3, 0.4) is 0 Å². The maximum atomic E-state index is 13.4. The first kappa shape index (κ1) is 22.2. The Balaban J connectivity index is 1.50.